The molecule has 76 valence electrons. The molecule has 0 saturated heterocycles. The maximum atomic E-state index is 9.09. The lowest BCUT2D eigenvalue weighted by atomic mass is 10.1. The van der Waals surface area contributed by atoms with Crippen LogP contribution in [-0.4, -0.2) is 18.2 Å². The van der Waals surface area contributed by atoms with E-state index in [0.717, 1.165) is 18.9 Å². The number of phenolic OH excluding ortho intramolecular Hbond substituents is 1. The molecule has 0 heterocycles. The first kappa shape index (κ1) is 9.53. The third kappa shape index (κ3) is 3.04. The van der Waals surface area contributed by atoms with E-state index in [1.165, 1.54) is 24.9 Å². The molecular formula is C12H17NO. The van der Waals surface area contributed by atoms with Crippen molar-refractivity contribution in [2.45, 2.75) is 19.3 Å². The molecule has 1 saturated carbocycles. The van der Waals surface area contributed by atoms with Crippen molar-refractivity contribution in [3.05, 3.63) is 29.8 Å². The monoisotopic (exact) mass is 191 g/mol. The average molecular weight is 191 g/mol. The Hall–Kier alpha value is -1.02. The fourth-order valence-electron chi connectivity index (χ4n) is 1.52. The number of phenols is 1. The van der Waals surface area contributed by atoms with Crippen molar-refractivity contribution in [1.82, 2.24) is 5.32 Å². The van der Waals surface area contributed by atoms with Crippen LogP contribution in [0.4, 0.5) is 0 Å². The number of benzene rings is 1. The molecule has 0 aliphatic heterocycles. The predicted octanol–water partition coefficient (Wildman–Crippen LogP) is 1.93. The van der Waals surface area contributed by atoms with Crippen LogP contribution in [0.25, 0.3) is 0 Å². The van der Waals surface area contributed by atoms with E-state index in [1.807, 2.05) is 12.1 Å². The first-order chi connectivity index (χ1) is 6.84. The van der Waals surface area contributed by atoms with Crippen LogP contribution in [0, 0.1) is 5.92 Å². The van der Waals surface area contributed by atoms with Gasteiger partial charge in [0.15, 0.2) is 0 Å². The highest BCUT2D eigenvalue weighted by Gasteiger charge is 2.19. The molecule has 0 amide bonds. The number of aromatic hydroxyl groups is 1. The summed E-state index contributed by atoms with van der Waals surface area (Å²) in [5.74, 6) is 1.30. The lowest BCUT2D eigenvalue weighted by Gasteiger charge is -2.03. The quantitative estimate of drug-likeness (QED) is 0.697. The second-order valence-corrected chi connectivity index (χ2v) is 4.06. The Morgan fingerprint density at radius 1 is 1.21 bits per heavy atom. The maximum absolute atomic E-state index is 9.09. The number of nitrogens with one attached hydrogen (secondary N) is 1. The van der Waals surface area contributed by atoms with Gasteiger partial charge in [0.1, 0.15) is 5.75 Å². The normalized spacial score (nSPS) is 15.7. The predicted molar refractivity (Wildman–Crippen MR) is 57.4 cm³/mol. The Bertz CT molecular complexity index is 277. The molecule has 1 aromatic carbocycles. The molecule has 2 heteroatoms. The van der Waals surface area contributed by atoms with E-state index in [4.69, 9.17) is 5.11 Å². The van der Waals surface area contributed by atoms with Gasteiger partial charge in [0.2, 0.25) is 0 Å². The maximum Gasteiger partial charge on any atom is 0.115 e. The molecule has 2 N–H and O–H groups in total. The van der Waals surface area contributed by atoms with Gasteiger partial charge < -0.3 is 10.4 Å². The molecule has 1 fully saturated rings. The zero-order valence-electron chi connectivity index (χ0n) is 8.37. The minimum absolute atomic E-state index is 0.347. The van der Waals surface area contributed by atoms with E-state index in [1.54, 1.807) is 12.1 Å². The van der Waals surface area contributed by atoms with E-state index in [-0.39, 0.29) is 0 Å². The molecule has 2 rings (SSSR count). The molecule has 2 nitrogen and oxygen atoms in total. The zero-order chi connectivity index (χ0) is 9.80. The summed E-state index contributed by atoms with van der Waals surface area (Å²) in [6.07, 6.45) is 3.87. The van der Waals surface area contributed by atoms with E-state index in [9.17, 15) is 0 Å². The van der Waals surface area contributed by atoms with Crippen molar-refractivity contribution in [1.29, 1.82) is 0 Å². The first-order valence-electron chi connectivity index (χ1n) is 5.33. The zero-order valence-corrected chi connectivity index (χ0v) is 8.37. The molecule has 1 aliphatic carbocycles. The fraction of sp³-hybridized carbons (Fsp3) is 0.500. The number of hydrogen-bond donors (Lipinski definition) is 2. The minimum atomic E-state index is 0.347. The van der Waals surface area contributed by atoms with Gasteiger partial charge in [0, 0.05) is 0 Å². The van der Waals surface area contributed by atoms with Gasteiger partial charge >= 0.3 is 0 Å². The Balaban J connectivity index is 1.66. The lowest BCUT2D eigenvalue weighted by Crippen LogP contribution is -2.19. The van der Waals surface area contributed by atoms with E-state index < -0.39 is 0 Å². The van der Waals surface area contributed by atoms with Gasteiger partial charge in [-0.3, -0.25) is 0 Å². The summed E-state index contributed by atoms with van der Waals surface area (Å²) in [5, 5.41) is 12.5. The van der Waals surface area contributed by atoms with Gasteiger partial charge in [0.25, 0.3) is 0 Å². The Kier molecular flexibility index (Phi) is 3.04. The highest BCUT2D eigenvalue weighted by Crippen LogP contribution is 2.27. The molecule has 0 spiro atoms. The summed E-state index contributed by atoms with van der Waals surface area (Å²) in [6.45, 7) is 2.22. The Labute approximate surface area is 85.0 Å². The number of rotatable bonds is 5. The van der Waals surface area contributed by atoms with Crippen molar-refractivity contribution < 1.29 is 5.11 Å². The Morgan fingerprint density at radius 3 is 2.57 bits per heavy atom. The summed E-state index contributed by atoms with van der Waals surface area (Å²) < 4.78 is 0. The molecule has 14 heavy (non-hydrogen) atoms. The van der Waals surface area contributed by atoms with Gasteiger partial charge in [-0.2, -0.15) is 0 Å². The third-order valence-electron chi connectivity index (χ3n) is 2.66. The van der Waals surface area contributed by atoms with E-state index in [2.05, 4.69) is 5.32 Å². The third-order valence-corrected chi connectivity index (χ3v) is 2.66. The molecule has 1 aliphatic rings. The van der Waals surface area contributed by atoms with Crippen LogP contribution in [-0.2, 0) is 6.42 Å². The summed E-state index contributed by atoms with van der Waals surface area (Å²) in [6, 6.07) is 7.45. The van der Waals surface area contributed by atoms with Crippen molar-refractivity contribution >= 4 is 0 Å². The van der Waals surface area contributed by atoms with Crippen LogP contribution >= 0.6 is 0 Å². The fourth-order valence-corrected chi connectivity index (χ4v) is 1.52. The van der Waals surface area contributed by atoms with Crippen LogP contribution in [0.5, 0.6) is 5.75 Å². The molecule has 1 aromatic rings. The summed E-state index contributed by atoms with van der Waals surface area (Å²) in [4.78, 5) is 0. The largest absolute Gasteiger partial charge is 0.508 e. The summed E-state index contributed by atoms with van der Waals surface area (Å²) in [5.41, 5.74) is 1.28. The van der Waals surface area contributed by atoms with Crippen molar-refractivity contribution in [2.24, 2.45) is 5.92 Å². The molecule has 0 radical (unpaired) electrons. The average Bonchev–Trinajstić information content (AvgIpc) is 2.99. The van der Waals surface area contributed by atoms with Crippen molar-refractivity contribution in [3.63, 3.8) is 0 Å². The minimum Gasteiger partial charge on any atom is -0.508 e. The molecule has 0 aromatic heterocycles. The molecule has 0 unspecified atom stereocenters. The van der Waals surface area contributed by atoms with Crippen molar-refractivity contribution in [2.75, 3.05) is 13.1 Å². The topological polar surface area (TPSA) is 32.3 Å². The van der Waals surface area contributed by atoms with Crippen LogP contribution in [0.1, 0.15) is 18.4 Å². The first-order valence-corrected chi connectivity index (χ1v) is 5.33. The van der Waals surface area contributed by atoms with Gasteiger partial charge in [-0.05, 0) is 56.0 Å². The number of hydrogen-bond acceptors (Lipinski definition) is 2. The van der Waals surface area contributed by atoms with Gasteiger partial charge in [-0.1, -0.05) is 12.1 Å². The highest BCUT2D eigenvalue weighted by molar-refractivity contribution is 5.25. The van der Waals surface area contributed by atoms with Crippen molar-refractivity contribution in [3.8, 4) is 5.75 Å². The molecule has 0 atom stereocenters. The lowest BCUT2D eigenvalue weighted by molar-refractivity contribution is 0.475. The summed E-state index contributed by atoms with van der Waals surface area (Å²) in [7, 11) is 0. The van der Waals surface area contributed by atoms with Gasteiger partial charge in [-0.25, -0.2) is 0 Å². The van der Waals surface area contributed by atoms with Gasteiger partial charge in [0.05, 0.1) is 0 Å². The SMILES string of the molecule is Oc1ccc(CCNCC2CC2)cc1. The van der Waals surface area contributed by atoms with Crippen LogP contribution in [0.3, 0.4) is 0 Å². The molecule has 0 bridgehead atoms. The van der Waals surface area contributed by atoms with E-state index in [0.29, 0.717) is 5.75 Å². The van der Waals surface area contributed by atoms with Crippen LogP contribution < -0.4 is 5.32 Å². The smallest absolute Gasteiger partial charge is 0.115 e. The van der Waals surface area contributed by atoms with Gasteiger partial charge in [-0.15, -0.1) is 0 Å². The van der Waals surface area contributed by atoms with Crippen LogP contribution in [0.15, 0.2) is 24.3 Å². The van der Waals surface area contributed by atoms with E-state index >= 15 is 0 Å². The molecular weight excluding hydrogens is 174 g/mol. The Morgan fingerprint density at radius 2 is 1.93 bits per heavy atom. The summed E-state index contributed by atoms with van der Waals surface area (Å²) >= 11 is 0. The second kappa shape index (κ2) is 4.47. The standard InChI is InChI=1S/C12H17NO/c14-12-5-3-10(4-6-12)7-8-13-9-11-1-2-11/h3-6,11,13-14H,1-2,7-9H2. The van der Waals surface area contributed by atoms with Crippen LogP contribution in [0.2, 0.25) is 0 Å². The second-order valence-electron chi connectivity index (χ2n) is 4.06. The highest BCUT2D eigenvalue weighted by atomic mass is 16.3.